The highest BCUT2D eigenvalue weighted by Gasteiger charge is 2.68. The Bertz CT molecular complexity index is 1340. The number of carbonyl (C=O) groups excluding carboxylic acids is 2. The minimum Gasteiger partial charge on any atom is -0.462 e. The molecule has 5 nitrogen and oxygen atoms in total. The van der Waals surface area contributed by atoms with Crippen molar-refractivity contribution in [3.05, 3.63) is 96.1 Å². The molecular formula is C30H29F2NO4. The smallest absolute Gasteiger partial charge is 0.407 e. The number of carbonyl (C=O) groups is 2. The fourth-order valence-electron chi connectivity index (χ4n) is 4.40. The van der Waals surface area contributed by atoms with E-state index in [0.717, 1.165) is 16.3 Å². The molecule has 0 bridgehead atoms. The zero-order valence-corrected chi connectivity index (χ0v) is 20.7. The summed E-state index contributed by atoms with van der Waals surface area (Å²) >= 11 is 0. The molecule has 0 unspecified atom stereocenters. The number of rotatable bonds is 7. The van der Waals surface area contributed by atoms with Gasteiger partial charge in [0.05, 0.1) is 17.4 Å². The van der Waals surface area contributed by atoms with Gasteiger partial charge in [-0.1, -0.05) is 92.7 Å². The molecule has 4 aromatic rings. The van der Waals surface area contributed by atoms with Gasteiger partial charge in [-0.15, -0.1) is 0 Å². The van der Waals surface area contributed by atoms with Crippen molar-refractivity contribution in [3.8, 4) is 0 Å². The van der Waals surface area contributed by atoms with Crippen LogP contribution in [0.3, 0.4) is 0 Å². The third-order valence-electron chi connectivity index (χ3n) is 6.41. The van der Waals surface area contributed by atoms with E-state index in [-0.39, 0.29) is 13.2 Å². The summed E-state index contributed by atoms with van der Waals surface area (Å²) in [7, 11) is 0. The number of amides is 1. The minimum atomic E-state index is -3.03. The second-order valence-corrected chi connectivity index (χ2v) is 8.62. The molecule has 37 heavy (non-hydrogen) atoms. The minimum absolute atomic E-state index is 0.0494. The zero-order valence-electron chi connectivity index (χ0n) is 20.7. The van der Waals surface area contributed by atoms with Crippen molar-refractivity contribution in [1.82, 2.24) is 5.32 Å². The fraction of sp³-hybridized carbons (Fsp3) is 0.267. The Kier molecular flexibility index (Phi) is 8.01. The van der Waals surface area contributed by atoms with Crippen LogP contribution in [0.2, 0.25) is 0 Å². The fourth-order valence-corrected chi connectivity index (χ4v) is 4.40. The van der Waals surface area contributed by atoms with Crippen molar-refractivity contribution in [2.45, 2.75) is 26.4 Å². The first-order valence-electron chi connectivity index (χ1n) is 12.3. The largest absolute Gasteiger partial charge is 0.462 e. The molecule has 0 spiro atoms. The Morgan fingerprint density at radius 1 is 0.811 bits per heavy atom. The quantitative estimate of drug-likeness (QED) is 0.217. The highest BCUT2D eigenvalue weighted by molar-refractivity contribution is 6.16. The number of fused-ring (bicyclic) bond motifs is 2. The Hall–Kier alpha value is -4.00. The predicted molar refractivity (Wildman–Crippen MR) is 140 cm³/mol. The lowest BCUT2D eigenvalue weighted by atomic mass is 9.97. The van der Waals surface area contributed by atoms with Gasteiger partial charge < -0.3 is 14.8 Å². The number of benzene rings is 4. The summed E-state index contributed by atoms with van der Waals surface area (Å²) in [5.41, 5.74) is 1.16. The van der Waals surface area contributed by atoms with Crippen molar-refractivity contribution in [1.29, 1.82) is 0 Å². The van der Waals surface area contributed by atoms with Crippen LogP contribution < -0.4 is 5.32 Å². The lowest BCUT2D eigenvalue weighted by Gasteiger charge is -2.11. The van der Waals surface area contributed by atoms with Crippen molar-refractivity contribution in [2.24, 2.45) is 11.8 Å². The number of alkyl carbamates (subject to hydrolysis) is 1. The number of esters is 1. The van der Waals surface area contributed by atoms with Gasteiger partial charge in [0.2, 0.25) is 0 Å². The van der Waals surface area contributed by atoms with Crippen LogP contribution >= 0.6 is 0 Å². The molecule has 4 aromatic carbocycles. The molecule has 1 aliphatic rings. The van der Waals surface area contributed by atoms with Crippen LogP contribution in [0.15, 0.2) is 84.9 Å². The summed E-state index contributed by atoms with van der Waals surface area (Å²) in [6.07, 6.45) is -0.769. The Balaban J connectivity index is 0.00000156. The summed E-state index contributed by atoms with van der Waals surface area (Å²) in [5.74, 6) is -5.96. The molecule has 192 valence electrons. The highest BCUT2D eigenvalue weighted by atomic mass is 19.3. The molecule has 1 N–H and O–H groups in total. The van der Waals surface area contributed by atoms with Gasteiger partial charge in [-0.05, 0) is 33.2 Å². The van der Waals surface area contributed by atoms with Crippen LogP contribution in [-0.4, -0.2) is 31.1 Å². The van der Waals surface area contributed by atoms with Gasteiger partial charge in [-0.25, -0.2) is 18.4 Å². The van der Waals surface area contributed by atoms with Crippen LogP contribution in [0.25, 0.3) is 21.5 Å². The van der Waals surface area contributed by atoms with Crippen LogP contribution in [0, 0.1) is 11.8 Å². The second-order valence-electron chi connectivity index (χ2n) is 8.62. The van der Waals surface area contributed by atoms with Gasteiger partial charge >= 0.3 is 12.1 Å². The van der Waals surface area contributed by atoms with E-state index in [4.69, 9.17) is 9.47 Å². The second kappa shape index (κ2) is 11.4. The van der Waals surface area contributed by atoms with Crippen molar-refractivity contribution in [2.75, 3.05) is 13.2 Å². The van der Waals surface area contributed by atoms with Gasteiger partial charge in [-0.3, -0.25) is 0 Å². The molecule has 2 atom stereocenters. The standard InChI is InChI=1S/C28H23F2NO4.C2H6/c29-28(30)23(15-31-27(33)35-16-18-8-2-1-3-9-18)24(28)17-34-26(32)25-21-12-6-4-10-19(21)14-20-11-5-7-13-22(20)25;1-2/h1-14,23-24H,15-17H2,(H,31,33);1-2H3/t23-,24-;/m0./s1. The maximum Gasteiger partial charge on any atom is 0.407 e. The number of halogens is 2. The number of hydrogen-bond donors (Lipinski definition) is 1. The number of alkyl halides is 2. The molecule has 0 heterocycles. The van der Waals surface area contributed by atoms with Gasteiger partial charge in [0.15, 0.2) is 0 Å². The van der Waals surface area contributed by atoms with E-state index in [1.807, 2.05) is 86.6 Å². The maximum atomic E-state index is 14.3. The summed E-state index contributed by atoms with van der Waals surface area (Å²) < 4.78 is 39.1. The van der Waals surface area contributed by atoms with Gasteiger partial charge in [-0.2, -0.15) is 0 Å². The van der Waals surface area contributed by atoms with E-state index in [9.17, 15) is 18.4 Å². The normalized spacial score (nSPS) is 17.4. The van der Waals surface area contributed by atoms with E-state index in [2.05, 4.69) is 5.32 Å². The number of hydrogen-bond acceptors (Lipinski definition) is 4. The average Bonchev–Trinajstić information content (AvgIpc) is 3.47. The van der Waals surface area contributed by atoms with E-state index in [1.54, 1.807) is 12.1 Å². The summed E-state index contributed by atoms with van der Waals surface area (Å²) in [6.45, 7) is 3.35. The van der Waals surface area contributed by atoms with E-state index < -0.39 is 36.4 Å². The molecule has 1 amide bonds. The predicted octanol–water partition coefficient (Wildman–Crippen LogP) is 6.98. The topological polar surface area (TPSA) is 64.6 Å². The highest BCUT2D eigenvalue weighted by Crippen LogP contribution is 2.55. The molecule has 5 rings (SSSR count). The molecular weight excluding hydrogens is 476 g/mol. The molecule has 0 radical (unpaired) electrons. The van der Waals surface area contributed by atoms with E-state index in [0.29, 0.717) is 16.3 Å². The third-order valence-corrected chi connectivity index (χ3v) is 6.41. The molecule has 1 aliphatic carbocycles. The van der Waals surface area contributed by atoms with Gasteiger partial charge in [0.25, 0.3) is 5.92 Å². The lowest BCUT2D eigenvalue weighted by molar-refractivity contribution is 0.0365. The Morgan fingerprint density at radius 3 is 2.00 bits per heavy atom. The van der Waals surface area contributed by atoms with E-state index >= 15 is 0 Å². The van der Waals surface area contributed by atoms with Crippen molar-refractivity contribution < 1.29 is 27.8 Å². The monoisotopic (exact) mass is 505 g/mol. The SMILES string of the molecule is CC.O=C(NC[C@H]1[C@H](COC(=O)c2c3ccccc3cc3ccccc23)C1(F)F)OCc1ccccc1. The summed E-state index contributed by atoms with van der Waals surface area (Å²) in [6, 6.07) is 25.9. The van der Waals surface area contributed by atoms with E-state index in [1.165, 1.54) is 0 Å². The molecule has 1 saturated carbocycles. The molecule has 0 aromatic heterocycles. The van der Waals surface area contributed by atoms with Gasteiger partial charge in [0.1, 0.15) is 13.2 Å². The van der Waals surface area contributed by atoms with Crippen LogP contribution in [0.1, 0.15) is 29.8 Å². The van der Waals surface area contributed by atoms with Crippen molar-refractivity contribution >= 4 is 33.6 Å². The molecule has 0 saturated heterocycles. The summed E-state index contributed by atoms with van der Waals surface area (Å²) in [4.78, 5) is 25.0. The van der Waals surface area contributed by atoms with Gasteiger partial charge in [0, 0.05) is 6.54 Å². The van der Waals surface area contributed by atoms with Crippen LogP contribution in [-0.2, 0) is 16.1 Å². The average molecular weight is 506 g/mol. The first kappa shape index (κ1) is 26.1. The van der Waals surface area contributed by atoms with Crippen molar-refractivity contribution in [3.63, 3.8) is 0 Å². The zero-order chi connectivity index (χ0) is 26.4. The number of nitrogens with one attached hydrogen (secondary N) is 1. The molecule has 1 fully saturated rings. The first-order valence-corrected chi connectivity index (χ1v) is 12.3. The first-order chi connectivity index (χ1) is 17.9. The van der Waals surface area contributed by atoms with Crippen LogP contribution in [0.5, 0.6) is 0 Å². The van der Waals surface area contributed by atoms with Crippen LogP contribution in [0.4, 0.5) is 13.6 Å². The molecule has 0 aliphatic heterocycles. The summed E-state index contributed by atoms with van der Waals surface area (Å²) in [5, 5.41) is 5.53. The molecule has 7 heteroatoms. The lowest BCUT2D eigenvalue weighted by Crippen LogP contribution is -2.27. The third kappa shape index (κ3) is 5.71. The maximum absolute atomic E-state index is 14.3. The Labute approximate surface area is 214 Å². The number of ether oxygens (including phenoxy) is 2. The Morgan fingerprint density at radius 2 is 1.38 bits per heavy atom.